The van der Waals surface area contributed by atoms with Gasteiger partial charge in [-0.3, -0.25) is 0 Å². The third-order valence-electron chi connectivity index (χ3n) is 2.69. The van der Waals surface area contributed by atoms with Crippen molar-refractivity contribution < 1.29 is 4.53 Å². The minimum Gasteiger partial charge on any atom is -0.338 e. The molecule has 0 aliphatic heterocycles. The summed E-state index contributed by atoms with van der Waals surface area (Å²) in [4.78, 5) is 0. The second kappa shape index (κ2) is 6.15. The first-order valence-corrected chi connectivity index (χ1v) is 8.21. The summed E-state index contributed by atoms with van der Waals surface area (Å²) >= 11 is 0. The maximum atomic E-state index is 6.07. The summed E-state index contributed by atoms with van der Waals surface area (Å²) in [7, 11) is -1.66. The topological polar surface area (TPSA) is 21.3 Å². The van der Waals surface area contributed by atoms with Gasteiger partial charge in [0, 0.05) is 5.54 Å². The van der Waals surface area contributed by atoms with Gasteiger partial charge in [0.1, 0.15) is 0 Å². The van der Waals surface area contributed by atoms with Crippen LogP contribution in [0, 0.1) is 0 Å². The fourth-order valence-corrected chi connectivity index (χ4v) is 4.09. The molecular weight excluding hydrogens is 250 g/mol. The summed E-state index contributed by atoms with van der Waals surface area (Å²) in [6, 6.07) is 20.9. The van der Waals surface area contributed by atoms with Crippen molar-refractivity contribution in [2.24, 2.45) is 0 Å². The molecule has 0 aromatic heterocycles. The molecule has 0 saturated heterocycles. The zero-order valence-electron chi connectivity index (χ0n) is 11.8. The van der Waals surface area contributed by atoms with Gasteiger partial charge < -0.3 is 4.53 Å². The largest absolute Gasteiger partial charge is 0.338 e. The van der Waals surface area contributed by atoms with Gasteiger partial charge in [-0.1, -0.05) is 60.7 Å². The summed E-state index contributed by atoms with van der Waals surface area (Å²) in [5.74, 6) is 0. The molecule has 100 valence electrons. The smallest absolute Gasteiger partial charge is 0.267 e. The zero-order valence-corrected chi connectivity index (χ0v) is 12.9. The van der Waals surface area contributed by atoms with E-state index in [-0.39, 0.29) is 5.54 Å². The Morgan fingerprint density at radius 2 is 1.21 bits per heavy atom. The van der Waals surface area contributed by atoms with Crippen LogP contribution in [0.5, 0.6) is 0 Å². The molecule has 0 radical (unpaired) electrons. The SMILES string of the molecule is CC(C)(C)NO[SiH](c1ccccc1)c1ccccc1. The number of hydrogen-bond donors (Lipinski definition) is 1. The Hall–Kier alpha value is -1.42. The highest BCUT2D eigenvalue weighted by Gasteiger charge is 2.20. The summed E-state index contributed by atoms with van der Waals surface area (Å²) in [5.41, 5.74) is 3.13. The Morgan fingerprint density at radius 3 is 1.58 bits per heavy atom. The Kier molecular flexibility index (Phi) is 4.53. The lowest BCUT2D eigenvalue weighted by Gasteiger charge is -2.25. The van der Waals surface area contributed by atoms with Gasteiger partial charge in [0.25, 0.3) is 9.04 Å². The van der Waals surface area contributed by atoms with Gasteiger partial charge in [-0.15, -0.1) is 0 Å². The lowest BCUT2D eigenvalue weighted by molar-refractivity contribution is 0.124. The van der Waals surface area contributed by atoms with Crippen molar-refractivity contribution in [3.8, 4) is 0 Å². The van der Waals surface area contributed by atoms with Crippen LogP contribution in [0.25, 0.3) is 0 Å². The molecule has 0 saturated carbocycles. The molecule has 0 unspecified atom stereocenters. The summed E-state index contributed by atoms with van der Waals surface area (Å²) in [6.45, 7) is 6.32. The summed E-state index contributed by atoms with van der Waals surface area (Å²) in [5, 5.41) is 2.57. The Bertz CT molecular complexity index is 454. The Labute approximate surface area is 117 Å². The van der Waals surface area contributed by atoms with Gasteiger partial charge in [-0.2, -0.15) is 0 Å². The van der Waals surface area contributed by atoms with E-state index in [1.807, 2.05) is 12.1 Å². The van der Waals surface area contributed by atoms with Gasteiger partial charge in [0.15, 0.2) is 0 Å². The molecule has 0 atom stereocenters. The Balaban J connectivity index is 2.24. The van der Waals surface area contributed by atoms with E-state index in [1.54, 1.807) is 0 Å². The highest BCUT2D eigenvalue weighted by atomic mass is 28.3. The molecule has 0 amide bonds. The van der Waals surface area contributed by atoms with Crippen LogP contribution in [0.3, 0.4) is 0 Å². The minimum absolute atomic E-state index is 0.0468. The second-order valence-corrected chi connectivity index (χ2v) is 8.00. The maximum absolute atomic E-state index is 6.07. The molecule has 0 fully saturated rings. The van der Waals surface area contributed by atoms with E-state index in [1.165, 1.54) is 10.4 Å². The van der Waals surface area contributed by atoms with Crippen molar-refractivity contribution in [1.29, 1.82) is 0 Å². The van der Waals surface area contributed by atoms with Crippen molar-refractivity contribution in [3.63, 3.8) is 0 Å². The molecule has 2 aromatic rings. The van der Waals surface area contributed by atoms with E-state index in [4.69, 9.17) is 4.53 Å². The van der Waals surface area contributed by atoms with E-state index in [2.05, 4.69) is 74.8 Å². The second-order valence-electron chi connectivity index (χ2n) is 5.67. The average molecular weight is 271 g/mol. The standard InChI is InChI=1S/C16H21NOSi/c1-16(2,3)17-18-19(14-10-6-4-7-11-14)15-12-8-5-9-13-15/h4-13,17,19H,1-3H3. The molecule has 19 heavy (non-hydrogen) atoms. The highest BCUT2D eigenvalue weighted by molar-refractivity contribution is 6.79. The molecule has 1 N–H and O–H groups in total. The van der Waals surface area contributed by atoms with Crippen LogP contribution >= 0.6 is 0 Å². The van der Waals surface area contributed by atoms with Gasteiger partial charge in [0.2, 0.25) is 0 Å². The van der Waals surface area contributed by atoms with Gasteiger partial charge in [-0.25, -0.2) is 5.48 Å². The fourth-order valence-electron chi connectivity index (χ4n) is 1.82. The number of rotatable bonds is 4. The monoisotopic (exact) mass is 271 g/mol. The Morgan fingerprint density at radius 1 is 0.789 bits per heavy atom. The van der Waals surface area contributed by atoms with Crippen LogP contribution in [0.2, 0.25) is 0 Å². The van der Waals surface area contributed by atoms with Crippen LogP contribution in [0.1, 0.15) is 20.8 Å². The molecule has 2 nitrogen and oxygen atoms in total. The molecule has 0 spiro atoms. The molecule has 0 heterocycles. The van der Waals surface area contributed by atoms with Crippen molar-refractivity contribution in [2.75, 3.05) is 0 Å². The lowest BCUT2D eigenvalue weighted by atomic mass is 10.1. The van der Waals surface area contributed by atoms with Crippen LogP contribution < -0.4 is 15.9 Å². The molecule has 0 aliphatic rings. The predicted molar refractivity (Wildman–Crippen MR) is 83.3 cm³/mol. The fraction of sp³-hybridized carbons (Fsp3) is 0.250. The minimum atomic E-state index is -1.66. The van der Waals surface area contributed by atoms with Crippen LogP contribution in [0.4, 0.5) is 0 Å². The highest BCUT2D eigenvalue weighted by Crippen LogP contribution is 2.00. The third kappa shape index (κ3) is 4.31. The summed E-state index contributed by atoms with van der Waals surface area (Å²) < 4.78 is 6.07. The molecular formula is C16H21NOSi. The quantitative estimate of drug-likeness (QED) is 0.677. The van der Waals surface area contributed by atoms with Crippen molar-refractivity contribution >= 4 is 19.4 Å². The molecule has 0 bridgehead atoms. The lowest BCUT2D eigenvalue weighted by Crippen LogP contribution is -2.51. The van der Waals surface area contributed by atoms with E-state index >= 15 is 0 Å². The van der Waals surface area contributed by atoms with Crippen LogP contribution in [-0.2, 0) is 4.53 Å². The normalized spacial score (nSPS) is 11.8. The number of nitrogens with one attached hydrogen (secondary N) is 1. The van der Waals surface area contributed by atoms with Gasteiger partial charge in [-0.05, 0) is 31.1 Å². The maximum Gasteiger partial charge on any atom is 0.267 e. The average Bonchev–Trinajstić information content (AvgIpc) is 2.40. The van der Waals surface area contributed by atoms with Crippen LogP contribution in [-0.4, -0.2) is 14.6 Å². The third-order valence-corrected chi connectivity index (χ3v) is 5.02. The van der Waals surface area contributed by atoms with E-state index < -0.39 is 9.04 Å². The first kappa shape index (κ1) is 14.0. The molecule has 2 aromatic carbocycles. The zero-order chi connectivity index (χ0) is 13.7. The van der Waals surface area contributed by atoms with Crippen molar-refractivity contribution in [1.82, 2.24) is 5.48 Å². The summed E-state index contributed by atoms with van der Waals surface area (Å²) in [6.07, 6.45) is 0. The molecule has 3 heteroatoms. The van der Waals surface area contributed by atoms with E-state index in [0.29, 0.717) is 0 Å². The van der Waals surface area contributed by atoms with Gasteiger partial charge in [0.05, 0.1) is 0 Å². The van der Waals surface area contributed by atoms with Crippen molar-refractivity contribution in [3.05, 3.63) is 60.7 Å². The molecule has 2 rings (SSSR count). The number of hydrogen-bond acceptors (Lipinski definition) is 2. The van der Waals surface area contributed by atoms with E-state index in [9.17, 15) is 0 Å². The van der Waals surface area contributed by atoms with Gasteiger partial charge >= 0.3 is 0 Å². The predicted octanol–water partition coefficient (Wildman–Crippen LogP) is 1.84. The first-order valence-electron chi connectivity index (χ1n) is 6.59. The number of hydroxylamine groups is 1. The van der Waals surface area contributed by atoms with Crippen LogP contribution in [0.15, 0.2) is 60.7 Å². The first-order chi connectivity index (χ1) is 9.06. The van der Waals surface area contributed by atoms with E-state index in [0.717, 1.165) is 0 Å². The molecule has 0 aliphatic carbocycles. The van der Waals surface area contributed by atoms with Crippen molar-refractivity contribution in [2.45, 2.75) is 26.3 Å². The number of benzene rings is 2.